The van der Waals surface area contributed by atoms with Gasteiger partial charge in [0.2, 0.25) is 0 Å². The molecular formula is C15H28N2S. The van der Waals surface area contributed by atoms with Crippen LogP contribution in [0.15, 0.2) is 5.38 Å². The fourth-order valence-electron chi connectivity index (χ4n) is 2.23. The minimum absolute atomic E-state index is 0.706. The van der Waals surface area contributed by atoms with Crippen LogP contribution in [0.4, 0.5) is 5.13 Å². The first-order valence-corrected chi connectivity index (χ1v) is 8.40. The zero-order valence-corrected chi connectivity index (χ0v) is 12.6. The highest BCUT2D eigenvalue weighted by molar-refractivity contribution is 7.13. The Morgan fingerprint density at radius 1 is 0.944 bits per heavy atom. The van der Waals surface area contributed by atoms with Crippen molar-refractivity contribution in [2.24, 2.45) is 0 Å². The van der Waals surface area contributed by atoms with Gasteiger partial charge in [0.05, 0.1) is 5.69 Å². The standard InChI is InChI=1S/C15H28N2S/c1-2-3-4-5-6-7-8-9-10-11-12-14-13-18-15(16)17-14/h13H,2-12H2,1H3,(H2,16,17). The van der Waals surface area contributed by atoms with Crippen LogP contribution in [0, 0.1) is 0 Å². The Morgan fingerprint density at radius 3 is 2.00 bits per heavy atom. The SMILES string of the molecule is CCCCCCCCCCCCc1csc(N)n1. The zero-order valence-electron chi connectivity index (χ0n) is 11.8. The number of thiazole rings is 1. The van der Waals surface area contributed by atoms with Gasteiger partial charge in [-0.05, 0) is 12.8 Å². The van der Waals surface area contributed by atoms with E-state index < -0.39 is 0 Å². The van der Waals surface area contributed by atoms with E-state index in [0.29, 0.717) is 5.13 Å². The number of rotatable bonds is 11. The van der Waals surface area contributed by atoms with Crippen molar-refractivity contribution in [2.75, 3.05) is 5.73 Å². The van der Waals surface area contributed by atoms with Crippen LogP contribution in [-0.4, -0.2) is 4.98 Å². The third-order valence-electron chi connectivity index (χ3n) is 3.36. The first-order valence-electron chi connectivity index (χ1n) is 7.53. The molecule has 0 aliphatic heterocycles. The van der Waals surface area contributed by atoms with Crippen LogP contribution < -0.4 is 5.73 Å². The Bertz CT molecular complexity index is 296. The van der Waals surface area contributed by atoms with Crippen LogP contribution >= 0.6 is 11.3 Å². The van der Waals surface area contributed by atoms with E-state index in [1.165, 1.54) is 69.9 Å². The lowest BCUT2D eigenvalue weighted by atomic mass is 10.1. The van der Waals surface area contributed by atoms with Gasteiger partial charge < -0.3 is 5.73 Å². The van der Waals surface area contributed by atoms with Crippen molar-refractivity contribution in [1.29, 1.82) is 0 Å². The molecule has 0 fully saturated rings. The van der Waals surface area contributed by atoms with E-state index in [2.05, 4.69) is 17.3 Å². The summed E-state index contributed by atoms with van der Waals surface area (Å²) in [7, 11) is 0. The van der Waals surface area contributed by atoms with Crippen molar-refractivity contribution in [1.82, 2.24) is 4.98 Å². The Balaban J connectivity index is 1.81. The number of hydrogen-bond donors (Lipinski definition) is 1. The van der Waals surface area contributed by atoms with E-state index >= 15 is 0 Å². The number of unbranched alkanes of at least 4 members (excludes halogenated alkanes) is 9. The van der Waals surface area contributed by atoms with E-state index in [-0.39, 0.29) is 0 Å². The minimum Gasteiger partial charge on any atom is -0.375 e. The fraction of sp³-hybridized carbons (Fsp3) is 0.800. The number of nitrogens with two attached hydrogens (primary N) is 1. The van der Waals surface area contributed by atoms with Crippen molar-refractivity contribution in [3.63, 3.8) is 0 Å². The molecule has 1 aromatic rings. The second-order valence-corrected chi connectivity index (χ2v) is 6.00. The summed E-state index contributed by atoms with van der Waals surface area (Å²) < 4.78 is 0. The summed E-state index contributed by atoms with van der Waals surface area (Å²) >= 11 is 1.55. The van der Waals surface area contributed by atoms with E-state index in [0.717, 1.165) is 6.42 Å². The van der Waals surface area contributed by atoms with Crippen LogP contribution in [0.3, 0.4) is 0 Å². The van der Waals surface area contributed by atoms with Gasteiger partial charge in [-0.15, -0.1) is 11.3 Å². The summed E-state index contributed by atoms with van der Waals surface area (Å²) in [6.45, 7) is 2.27. The summed E-state index contributed by atoms with van der Waals surface area (Å²) in [6, 6.07) is 0. The van der Waals surface area contributed by atoms with Crippen LogP contribution in [0.5, 0.6) is 0 Å². The summed E-state index contributed by atoms with van der Waals surface area (Å²) in [6.07, 6.45) is 15.0. The van der Waals surface area contributed by atoms with Crippen LogP contribution in [-0.2, 0) is 6.42 Å². The van der Waals surface area contributed by atoms with E-state index in [4.69, 9.17) is 5.73 Å². The van der Waals surface area contributed by atoms with Crippen molar-refractivity contribution in [3.8, 4) is 0 Å². The van der Waals surface area contributed by atoms with Crippen LogP contribution in [0.25, 0.3) is 0 Å². The van der Waals surface area contributed by atoms with Crippen molar-refractivity contribution >= 4 is 16.5 Å². The first kappa shape index (κ1) is 15.5. The average Bonchev–Trinajstić information content (AvgIpc) is 2.77. The van der Waals surface area contributed by atoms with Crippen molar-refractivity contribution in [3.05, 3.63) is 11.1 Å². The smallest absolute Gasteiger partial charge is 0.180 e. The molecule has 0 spiro atoms. The molecule has 2 N–H and O–H groups in total. The molecule has 0 saturated heterocycles. The molecule has 2 nitrogen and oxygen atoms in total. The number of aromatic nitrogens is 1. The maximum absolute atomic E-state index is 5.61. The molecule has 1 heterocycles. The fourth-order valence-corrected chi connectivity index (χ4v) is 2.83. The largest absolute Gasteiger partial charge is 0.375 e. The molecule has 18 heavy (non-hydrogen) atoms. The van der Waals surface area contributed by atoms with Gasteiger partial charge in [0.25, 0.3) is 0 Å². The van der Waals surface area contributed by atoms with Gasteiger partial charge in [0, 0.05) is 5.38 Å². The summed E-state index contributed by atoms with van der Waals surface area (Å²) in [5, 5.41) is 2.79. The average molecular weight is 268 g/mol. The van der Waals surface area contributed by atoms with Crippen molar-refractivity contribution < 1.29 is 0 Å². The highest BCUT2D eigenvalue weighted by Gasteiger charge is 1.98. The quantitative estimate of drug-likeness (QED) is 0.561. The Labute approximate surface area is 116 Å². The normalized spacial score (nSPS) is 10.9. The number of aryl methyl sites for hydroxylation is 1. The maximum atomic E-state index is 5.61. The summed E-state index contributed by atoms with van der Waals surface area (Å²) in [5.41, 5.74) is 6.78. The topological polar surface area (TPSA) is 38.9 Å². The molecule has 3 heteroatoms. The van der Waals surface area contributed by atoms with Crippen molar-refractivity contribution in [2.45, 2.75) is 77.6 Å². The molecule has 0 atom stereocenters. The van der Waals surface area contributed by atoms with Gasteiger partial charge in [0.1, 0.15) is 0 Å². The van der Waals surface area contributed by atoms with Gasteiger partial charge >= 0.3 is 0 Å². The van der Waals surface area contributed by atoms with Gasteiger partial charge in [-0.25, -0.2) is 4.98 Å². The van der Waals surface area contributed by atoms with E-state index in [1.807, 2.05) is 0 Å². The van der Waals surface area contributed by atoms with Crippen LogP contribution in [0.2, 0.25) is 0 Å². The summed E-state index contributed by atoms with van der Waals surface area (Å²) in [5.74, 6) is 0. The Hall–Kier alpha value is -0.570. The molecule has 1 rings (SSSR count). The lowest BCUT2D eigenvalue weighted by molar-refractivity contribution is 0.555. The predicted octanol–water partition coefficient (Wildman–Crippen LogP) is 5.19. The molecule has 0 radical (unpaired) electrons. The minimum atomic E-state index is 0.706. The Morgan fingerprint density at radius 2 is 1.50 bits per heavy atom. The molecule has 104 valence electrons. The van der Waals surface area contributed by atoms with E-state index in [9.17, 15) is 0 Å². The number of nitrogen functional groups attached to an aromatic ring is 1. The first-order chi connectivity index (χ1) is 8.83. The van der Waals surface area contributed by atoms with Gasteiger partial charge in [-0.2, -0.15) is 0 Å². The lowest BCUT2D eigenvalue weighted by Crippen LogP contribution is -1.88. The van der Waals surface area contributed by atoms with Gasteiger partial charge in [-0.3, -0.25) is 0 Å². The summed E-state index contributed by atoms with van der Waals surface area (Å²) in [4.78, 5) is 4.28. The monoisotopic (exact) mass is 268 g/mol. The molecule has 1 aromatic heterocycles. The number of anilines is 1. The highest BCUT2D eigenvalue weighted by Crippen LogP contribution is 2.15. The third-order valence-corrected chi connectivity index (χ3v) is 4.08. The second kappa shape index (κ2) is 10.4. The zero-order chi connectivity index (χ0) is 13.1. The molecule has 0 saturated carbocycles. The molecule has 0 aromatic carbocycles. The Kier molecular flexibility index (Phi) is 8.92. The number of nitrogens with zero attached hydrogens (tertiary/aromatic N) is 1. The molecule has 0 unspecified atom stereocenters. The van der Waals surface area contributed by atoms with E-state index in [1.54, 1.807) is 11.3 Å². The molecule has 0 bridgehead atoms. The van der Waals surface area contributed by atoms with Crippen LogP contribution in [0.1, 0.15) is 76.8 Å². The predicted molar refractivity (Wildman–Crippen MR) is 82.1 cm³/mol. The molecular weight excluding hydrogens is 240 g/mol. The van der Waals surface area contributed by atoms with Gasteiger partial charge in [0.15, 0.2) is 5.13 Å². The molecule has 0 amide bonds. The third kappa shape index (κ3) is 7.70. The highest BCUT2D eigenvalue weighted by atomic mass is 32.1. The molecule has 0 aliphatic rings. The second-order valence-electron chi connectivity index (χ2n) is 5.11. The maximum Gasteiger partial charge on any atom is 0.180 e. The van der Waals surface area contributed by atoms with Gasteiger partial charge in [-0.1, -0.05) is 64.7 Å². The number of hydrogen-bond acceptors (Lipinski definition) is 3. The lowest BCUT2D eigenvalue weighted by Gasteiger charge is -2.01. The molecule has 0 aliphatic carbocycles.